The molecule has 9 rings (SSSR count). The van der Waals surface area contributed by atoms with Crippen molar-refractivity contribution < 1.29 is 0 Å². The minimum atomic E-state index is 0.433. The SMILES string of the molecule is C=C/C=C(\C=C)c1ccc(N(c2ccc(C(C)C)cc2)c2cc3c4ccccc4c(N(c4ccc(-c5ccccc5)cc4)c4ccc(C(C)C)cc4)cc3c3ccccc23)cc1. The first-order valence-electron chi connectivity index (χ1n) is 21.7. The first-order chi connectivity index (χ1) is 30.3. The van der Waals surface area contributed by atoms with Gasteiger partial charge in [0.15, 0.2) is 0 Å². The summed E-state index contributed by atoms with van der Waals surface area (Å²) in [4.78, 5) is 4.85. The van der Waals surface area contributed by atoms with E-state index in [0.717, 1.165) is 45.3 Å². The highest BCUT2D eigenvalue weighted by molar-refractivity contribution is 6.24. The van der Waals surface area contributed by atoms with Crippen molar-refractivity contribution >= 4 is 72.0 Å². The second-order valence-electron chi connectivity index (χ2n) is 16.7. The van der Waals surface area contributed by atoms with Crippen LogP contribution in [0.3, 0.4) is 0 Å². The third-order valence-electron chi connectivity index (χ3n) is 12.2. The van der Waals surface area contributed by atoms with Crippen molar-refractivity contribution in [2.24, 2.45) is 0 Å². The van der Waals surface area contributed by atoms with Crippen LogP contribution in [0, 0.1) is 0 Å². The fraction of sp³-hybridized carbons (Fsp3) is 0.100. The molecule has 0 saturated heterocycles. The number of fused-ring (bicyclic) bond motifs is 5. The summed E-state index contributed by atoms with van der Waals surface area (Å²) in [5.41, 5.74) is 13.8. The van der Waals surface area contributed by atoms with Crippen LogP contribution in [-0.2, 0) is 0 Å². The van der Waals surface area contributed by atoms with E-state index in [1.807, 2.05) is 18.2 Å². The van der Waals surface area contributed by atoms with Gasteiger partial charge >= 0.3 is 0 Å². The van der Waals surface area contributed by atoms with E-state index >= 15 is 0 Å². The van der Waals surface area contributed by atoms with Crippen molar-refractivity contribution in [1.29, 1.82) is 0 Å². The molecule has 0 saturated carbocycles. The van der Waals surface area contributed by atoms with Gasteiger partial charge < -0.3 is 9.80 Å². The molecule has 9 aromatic rings. The fourth-order valence-electron chi connectivity index (χ4n) is 8.80. The molecule has 0 aliphatic heterocycles. The van der Waals surface area contributed by atoms with Crippen LogP contribution in [0.15, 0.2) is 219 Å². The van der Waals surface area contributed by atoms with Gasteiger partial charge in [-0.15, -0.1) is 0 Å². The number of hydrogen-bond acceptors (Lipinski definition) is 2. The van der Waals surface area contributed by atoms with Gasteiger partial charge in [0.25, 0.3) is 0 Å². The van der Waals surface area contributed by atoms with E-state index in [-0.39, 0.29) is 0 Å². The van der Waals surface area contributed by atoms with Crippen LogP contribution in [-0.4, -0.2) is 0 Å². The van der Waals surface area contributed by atoms with Crippen LogP contribution in [0.4, 0.5) is 34.1 Å². The molecule has 2 heteroatoms. The molecular weight excluding hydrogens is 749 g/mol. The molecule has 0 heterocycles. The summed E-state index contributed by atoms with van der Waals surface area (Å²) in [6.07, 6.45) is 5.70. The van der Waals surface area contributed by atoms with Crippen molar-refractivity contribution in [2.45, 2.75) is 39.5 Å². The van der Waals surface area contributed by atoms with Crippen molar-refractivity contribution in [2.75, 3.05) is 9.80 Å². The van der Waals surface area contributed by atoms with E-state index in [4.69, 9.17) is 0 Å². The molecule has 62 heavy (non-hydrogen) atoms. The maximum absolute atomic E-state index is 4.07. The normalized spacial score (nSPS) is 11.7. The first kappa shape index (κ1) is 40.0. The molecule has 0 aliphatic rings. The molecule has 0 atom stereocenters. The van der Waals surface area contributed by atoms with E-state index in [1.54, 1.807) is 0 Å². The molecule has 0 amide bonds. The Morgan fingerprint density at radius 2 is 0.774 bits per heavy atom. The topological polar surface area (TPSA) is 6.48 Å². The quantitative estimate of drug-likeness (QED) is 0.0897. The fourth-order valence-corrected chi connectivity index (χ4v) is 8.80. The number of nitrogens with zero attached hydrogens (tertiary/aromatic N) is 2. The average Bonchev–Trinajstić information content (AvgIpc) is 3.32. The Labute approximate surface area is 367 Å². The summed E-state index contributed by atoms with van der Waals surface area (Å²) in [5, 5.41) is 7.17. The minimum absolute atomic E-state index is 0.433. The monoisotopic (exact) mass is 800 g/mol. The highest BCUT2D eigenvalue weighted by Gasteiger charge is 2.22. The minimum Gasteiger partial charge on any atom is -0.310 e. The van der Waals surface area contributed by atoms with Crippen molar-refractivity contribution in [3.63, 3.8) is 0 Å². The average molecular weight is 801 g/mol. The largest absolute Gasteiger partial charge is 0.310 e. The Balaban J connectivity index is 1.29. The Hall–Kier alpha value is -7.42. The zero-order chi connectivity index (χ0) is 42.7. The summed E-state index contributed by atoms with van der Waals surface area (Å²) < 4.78 is 0. The van der Waals surface area contributed by atoms with Gasteiger partial charge in [0.1, 0.15) is 0 Å². The number of hydrogen-bond donors (Lipinski definition) is 0. The molecule has 0 N–H and O–H groups in total. The summed E-state index contributed by atoms with van der Waals surface area (Å²) in [7, 11) is 0. The highest BCUT2D eigenvalue weighted by Crippen LogP contribution is 2.48. The maximum Gasteiger partial charge on any atom is 0.0546 e. The molecule has 0 radical (unpaired) electrons. The molecule has 0 fully saturated rings. The zero-order valence-electron chi connectivity index (χ0n) is 36.1. The number of rotatable bonds is 12. The Morgan fingerprint density at radius 3 is 1.18 bits per heavy atom. The summed E-state index contributed by atoms with van der Waals surface area (Å²) in [6.45, 7) is 17.0. The van der Waals surface area contributed by atoms with Crippen LogP contribution >= 0.6 is 0 Å². The van der Waals surface area contributed by atoms with Gasteiger partial charge in [-0.2, -0.15) is 0 Å². The maximum atomic E-state index is 4.07. The first-order valence-corrected chi connectivity index (χ1v) is 21.7. The van der Waals surface area contributed by atoms with Gasteiger partial charge in [-0.3, -0.25) is 0 Å². The van der Waals surface area contributed by atoms with Gasteiger partial charge in [-0.05, 0) is 127 Å². The molecule has 0 bridgehead atoms. The van der Waals surface area contributed by atoms with Crippen LogP contribution in [0.2, 0.25) is 0 Å². The number of anilines is 6. The molecular formula is C60H52N2. The Morgan fingerprint density at radius 1 is 0.403 bits per heavy atom. The Bertz CT molecular complexity index is 3060. The lowest BCUT2D eigenvalue weighted by Crippen LogP contribution is -2.12. The second-order valence-corrected chi connectivity index (χ2v) is 16.7. The lowest BCUT2D eigenvalue weighted by molar-refractivity contribution is 0.866. The van der Waals surface area contributed by atoms with Crippen molar-refractivity contribution in [1.82, 2.24) is 0 Å². The van der Waals surface area contributed by atoms with Crippen molar-refractivity contribution in [3.05, 3.63) is 236 Å². The number of allylic oxidation sites excluding steroid dienone is 4. The smallest absolute Gasteiger partial charge is 0.0546 e. The molecule has 0 spiro atoms. The van der Waals surface area contributed by atoms with Gasteiger partial charge in [0.2, 0.25) is 0 Å². The van der Waals surface area contributed by atoms with Gasteiger partial charge in [-0.1, -0.05) is 186 Å². The highest BCUT2D eigenvalue weighted by atomic mass is 15.1. The lowest BCUT2D eigenvalue weighted by atomic mass is 9.93. The van der Waals surface area contributed by atoms with E-state index in [1.165, 1.54) is 54.6 Å². The summed E-state index contributed by atoms with van der Waals surface area (Å²) in [6, 6.07) is 69.2. The van der Waals surface area contributed by atoms with Gasteiger partial charge in [-0.25, -0.2) is 0 Å². The van der Waals surface area contributed by atoms with Crippen LogP contribution < -0.4 is 9.80 Å². The molecule has 0 aliphatic carbocycles. The third kappa shape index (κ3) is 7.61. The van der Waals surface area contributed by atoms with E-state index in [2.05, 4.69) is 239 Å². The van der Waals surface area contributed by atoms with Crippen LogP contribution in [0.5, 0.6) is 0 Å². The lowest BCUT2D eigenvalue weighted by Gasteiger charge is -2.30. The van der Waals surface area contributed by atoms with E-state index in [9.17, 15) is 0 Å². The number of benzene rings is 9. The molecule has 302 valence electrons. The van der Waals surface area contributed by atoms with Crippen LogP contribution in [0.1, 0.15) is 56.2 Å². The molecule has 9 aromatic carbocycles. The predicted octanol–water partition coefficient (Wildman–Crippen LogP) is 17.8. The van der Waals surface area contributed by atoms with E-state index in [0.29, 0.717) is 11.8 Å². The molecule has 0 aromatic heterocycles. The second kappa shape index (κ2) is 17.3. The van der Waals surface area contributed by atoms with Crippen LogP contribution in [0.25, 0.3) is 49.0 Å². The van der Waals surface area contributed by atoms with Gasteiger partial charge in [0.05, 0.1) is 11.4 Å². The van der Waals surface area contributed by atoms with E-state index < -0.39 is 0 Å². The van der Waals surface area contributed by atoms with Gasteiger partial charge in [0, 0.05) is 33.5 Å². The van der Waals surface area contributed by atoms with Crippen molar-refractivity contribution in [3.8, 4) is 11.1 Å². The predicted molar refractivity (Wildman–Crippen MR) is 270 cm³/mol. The summed E-state index contributed by atoms with van der Waals surface area (Å²) in [5.74, 6) is 0.872. The molecule has 2 nitrogen and oxygen atoms in total. The summed E-state index contributed by atoms with van der Waals surface area (Å²) >= 11 is 0. The third-order valence-corrected chi connectivity index (χ3v) is 12.2. The zero-order valence-corrected chi connectivity index (χ0v) is 36.1. The molecule has 0 unspecified atom stereocenters. The standard InChI is InChI=1S/C60H52N2/c1-7-16-43(8-2)47-27-35-51(36-28-47)61(49-31-23-44(24-32-49)41(3)4)59-39-57-54-20-13-15-22-56(54)60(40-58(57)53-19-12-14-21-55(53)59)62(50-33-25-45(26-34-50)42(5)6)52-37-29-48(30-38-52)46-17-10-9-11-18-46/h7-42H,1-2H2,3-6H3/b43-16+. The Kier molecular flexibility index (Phi) is 11.2.